The van der Waals surface area contributed by atoms with Gasteiger partial charge in [-0.2, -0.15) is 5.26 Å². The number of nitriles is 1. The summed E-state index contributed by atoms with van der Waals surface area (Å²) in [5, 5.41) is 17.9. The summed E-state index contributed by atoms with van der Waals surface area (Å²) < 4.78 is 5.38. The van der Waals surface area contributed by atoms with Gasteiger partial charge >= 0.3 is 0 Å². The largest absolute Gasteiger partial charge is 0.382 e. The molecular formula is C29H32N6O. The van der Waals surface area contributed by atoms with Crippen LogP contribution in [0.2, 0.25) is 0 Å². The Morgan fingerprint density at radius 1 is 1.14 bits per heavy atom. The highest BCUT2D eigenvalue weighted by atomic mass is 16.5. The lowest BCUT2D eigenvalue weighted by atomic mass is 10.0. The van der Waals surface area contributed by atoms with Gasteiger partial charge in [0, 0.05) is 60.0 Å². The number of nitrogens with one attached hydrogen (secondary N) is 3. The highest BCUT2D eigenvalue weighted by Crippen LogP contribution is 2.32. The molecule has 0 radical (unpaired) electrons. The Morgan fingerprint density at radius 2 is 2.03 bits per heavy atom. The Balaban J connectivity index is 1.56. The molecule has 0 aliphatic carbocycles. The van der Waals surface area contributed by atoms with E-state index in [1.807, 2.05) is 62.5 Å². The number of fused-ring (bicyclic) bond motifs is 1. The van der Waals surface area contributed by atoms with Gasteiger partial charge in [0.1, 0.15) is 6.07 Å². The fourth-order valence-electron chi connectivity index (χ4n) is 4.12. The van der Waals surface area contributed by atoms with Crippen LogP contribution in [0.3, 0.4) is 0 Å². The van der Waals surface area contributed by atoms with Gasteiger partial charge in [-0.1, -0.05) is 6.07 Å². The summed E-state index contributed by atoms with van der Waals surface area (Å²) in [5.41, 5.74) is 7.91. The van der Waals surface area contributed by atoms with Gasteiger partial charge in [0.25, 0.3) is 0 Å². The molecule has 4 aromatic rings. The summed E-state index contributed by atoms with van der Waals surface area (Å²) in [6.45, 7) is 9.14. The van der Waals surface area contributed by atoms with Crippen LogP contribution < -0.4 is 10.6 Å². The normalized spacial score (nSPS) is 11.3. The van der Waals surface area contributed by atoms with Crippen LogP contribution in [0.25, 0.3) is 23.1 Å². The Labute approximate surface area is 212 Å². The van der Waals surface area contributed by atoms with E-state index >= 15 is 0 Å². The molecule has 36 heavy (non-hydrogen) atoms. The number of aryl methyl sites for hydroxylation is 2. The van der Waals surface area contributed by atoms with E-state index in [1.165, 1.54) is 0 Å². The Bertz CT molecular complexity index is 1400. The first kappa shape index (κ1) is 25.1. The minimum absolute atomic E-state index is 0.492. The SMILES string of the molecule is CCOCCCNCc1cccc(/C=C/c2c(C)ncc(C#N)c2Nc2ccc3[nH]ccc3c2C)n1. The van der Waals surface area contributed by atoms with E-state index in [-0.39, 0.29) is 0 Å². The summed E-state index contributed by atoms with van der Waals surface area (Å²) in [4.78, 5) is 12.5. The van der Waals surface area contributed by atoms with Crippen molar-refractivity contribution in [1.29, 1.82) is 5.26 Å². The first-order chi connectivity index (χ1) is 17.6. The molecule has 0 amide bonds. The van der Waals surface area contributed by atoms with Crippen LogP contribution in [0.5, 0.6) is 0 Å². The molecule has 3 heterocycles. The zero-order valence-corrected chi connectivity index (χ0v) is 21.1. The number of aromatic amines is 1. The van der Waals surface area contributed by atoms with Crippen molar-refractivity contribution in [2.75, 3.05) is 25.1 Å². The van der Waals surface area contributed by atoms with Crippen LogP contribution in [-0.4, -0.2) is 34.7 Å². The predicted octanol–water partition coefficient (Wildman–Crippen LogP) is 5.88. The molecule has 0 saturated carbocycles. The molecule has 1 aromatic carbocycles. The lowest BCUT2D eigenvalue weighted by Crippen LogP contribution is -2.17. The van der Waals surface area contributed by atoms with Crippen molar-refractivity contribution in [2.24, 2.45) is 0 Å². The quantitative estimate of drug-likeness (QED) is 0.232. The van der Waals surface area contributed by atoms with Crippen LogP contribution in [0.1, 0.15) is 47.1 Å². The summed E-state index contributed by atoms with van der Waals surface area (Å²) in [6, 6.07) is 14.4. The van der Waals surface area contributed by atoms with Gasteiger partial charge in [0.05, 0.1) is 22.6 Å². The first-order valence-electron chi connectivity index (χ1n) is 12.3. The minimum atomic E-state index is 0.492. The molecule has 0 bridgehead atoms. The zero-order valence-electron chi connectivity index (χ0n) is 21.1. The van der Waals surface area contributed by atoms with Crippen LogP contribution in [0, 0.1) is 25.2 Å². The van der Waals surface area contributed by atoms with Crippen molar-refractivity contribution >= 4 is 34.4 Å². The summed E-state index contributed by atoms with van der Waals surface area (Å²) >= 11 is 0. The number of H-pyrrole nitrogens is 1. The predicted molar refractivity (Wildman–Crippen MR) is 146 cm³/mol. The highest BCUT2D eigenvalue weighted by Gasteiger charge is 2.13. The Hall–Kier alpha value is -3.99. The average molecular weight is 481 g/mol. The van der Waals surface area contributed by atoms with Crippen molar-refractivity contribution in [1.82, 2.24) is 20.3 Å². The third-order valence-electron chi connectivity index (χ3n) is 6.10. The average Bonchev–Trinajstić information content (AvgIpc) is 3.38. The number of aromatic nitrogens is 3. The minimum Gasteiger partial charge on any atom is -0.382 e. The molecule has 0 atom stereocenters. The topological polar surface area (TPSA) is 98.6 Å². The molecule has 0 aliphatic heterocycles. The van der Waals surface area contributed by atoms with E-state index in [9.17, 15) is 5.26 Å². The van der Waals surface area contributed by atoms with Gasteiger partial charge < -0.3 is 20.4 Å². The highest BCUT2D eigenvalue weighted by molar-refractivity contribution is 5.90. The second-order valence-electron chi connectivity index (χ2n) is 8.57. The summed E-state index contributed by atoms with van der Waals surface area (Å²) in [6.07, 6.45) is 8.48. The maximum absolute atomic E-state index is 9.81. The lowest BCUT2D eigenvalue weighted by Gasteiger charge is -2.16. The van der Waals surface area contributed by atoms with Crippen LogP contribution in [0.15, 0.2) is 48.8 Å². The van der Waals surface area contributed by atoms with E-state index in [0.717, 1.165) is 76.7 Å². The van der Waals surface area contributed by atoms with Gasteiger partial charge in [-0.15, -0.1) is 0 Å². The molecule has 0 spiro atoms. The van der Waals surface area contributed by atoms with Crippen molar-refractivity contribution in [3.05, 3.63) is 82.6 Å². The van der Waals surface area contributed by atoms with Crippen molar-refractivity contribution < 1.29 is 4.74 Å². The molecule has 4 rings (SSSR count). The molecule has 7 heteroatoms. The second kappa shape index (κ2) is 12.1. The number of anilines is 2. The molecule has 0 aliphatic rings. The summed E-state index contributed by atoms with van der Waals surface area (Å²) in [7, 11) is 0. The number of nitrogens with zero attached hydrogens (tertiary/aromatic N) is 3. The number of ether oxygens (including phenoxy) is 1. The third-order valence-corrected chi connectivity index (χ3v) is 6.10. The Kier molecular flexibility index (Phi) is 8.45. The number of hydrogen-bond donors (Lipinski definition) is 3. The van der Waals surface area contributed by atoms with Gasteiger partial charge in [0.2, 0.25) is 0 Å². The fraction of sp³-hybridized carbons (Fsp3) is 0.276. The van der Waals surface area contributed by atoms with Crippen molar-refractivity contribution in [3.8, 4) is 6.07 Å². The number of hydrogen-bond acceptors (Lipinski definition) is 6. The van der Waals surface area contributed by atoms with Gasteiger partial charge in [-0.3, -0.25) is 9.97 Å². The molecule has 3 aromatic heterocycles. The van der Waals surface area contributed by atoms with Crippen LogP contribution >= 0.6 is 0 Å². The molecule has 0 unspecified atom stereocenters. The van der Waals surface area contributed by atoms with E-state index in [2.05, 4.69) is 39.7 Å². The molecule has 0 fully saturated rings. The van der Waals surface area contributed by atoms with E-state index in [0.29, 0.717) is 12.1 Å². The van der Waals surface area contributed by atoms with Gasteiger partial charge in [-0.25, -0.2) is 0 Å². The zero-order chi connectivity index (χ0) is 25.3. The number of benzene rings is 1. The smallest absolute Gasteiger partial charge is 0.103 e. The van der Waals surface area contributed by atoms with Gasteiger partial charge in [-0.05, 0) is 81.8 Å². The molecule has 0 saturated heterocycles. The molecular weight excluding hydrogens is 448 g/mol. The monoisotopic (exact) mass is 480 g/mol. The Morgan fingerprint density at radius 3 is 2.86 bits per heavy atom. The molecule has 7 nitrogen and oxygen atoms in total. The number of rotatable bonds is 11. The van der Waals surface area contributed by atoms with Crippen molar-refractivity contribution in [3.63, 3.8) is 0 Å². The molecule has 184 valence electrons. The molecule has 3 N–H and O–H groups in total. The van der Waals surface area contributed by atoms with E-state index in [4.69, 9.17) is 9.72 Å². The maximum atomic E-state index is 9.81. The second-order valence-corrected chi connectivity index (χ2v) is 8.57. The first-order valence-corrected chi connectivity index (χ1v) is 12.3. The number of pyridine rings is 2. The lowest BCUT2D eigenvalue weighted by molar-refractivity contribution is 0.144. The third kappa shape index (κ3) is 5.98. The summed E-state index contributed by atoms with van der Waals surface area (Å²) in [5.74, 6) is 0. The van der Waals surface area contributed by atoms with E-state index in [1.54, 1.807) is 6.20 Å². The van der Waals surface area contributed by atoms with Crippen molar-refractivity contribution in [2.45, 2.75) is 33.7 Å². The fourth-order valence-corrected chi connectivity index (χ4v) is 4.12. The maximum Gasteiger partial charge on any atom is 0.103 e. The van der Waals surface area contributed by atoms with Crippen LogP contribution in [0.4, 0.5) is 11.4 Å². The standard InChI is InChI=1S/C29H32N6O/c1-4-36-16-6-14-31-19-24-8-5-7-23(34-24)9-10-26-21(3)33-18-22(17-30)29(26)35-27-11-12-28-25(20(27)2)13-15-32-28/h5,7-13,15,18,31-32H,4,6,14,16,19H2,1-3H3,(H,33,35)/b10-9+. The van der Waals surface area contributed by atoms with Gasteiger partial charge in [0.15, 0.2) is 0 Å². The van der Waals surface area contributed by atoms with Crippen LogP contribution in [-0.2, 0) is 11.3 Å². The van der Waals surface area contributed by atoms with E-state index < -0.39 is 0 Å².